The summed E-state index contributed by atoms with van der Waals surface area (Å²) in [6, 6.07) is 7.66. The van der Waals surface area contributed by atoms with Crippen molar-refractivity contribution in [3.8, 4) is 0 Å². The van der Waals surface area contributed by atoms with Gasteiger partial charge < -0.3 is 19.3 Å². The van der Waals surface area contributed by atoms with Gasteiger partial charge in [0.15, 0.2) is 0 Å². The van der Waals surface area contributed by atoms with Crippen molar-refractivity contribution in [1.82, 2.24) is 14.6 Å². The average molecular weight is 581 g/mol. The Hall–Kier alpha value is -3.38. The van der Waals surface area contributed by atoms with E-state index < -0.39 is 39.6 Å². The van der Waals surface area contributed by atoms with Crippen molar-refractivity contribution in [3.05, 3.63) is 53.2 Å². The average Bonchev–Trinajstić information content (AvgIpc) is 2.86. The third-order valence-corrected chi connectivity index (χ3v) is 7.37. The van der Waals surface area contributed by atoms with Crippen molar-refractivity contribution < 1.29 is 32.3 Å². The Morgan fingerprint density at radius 3 is 2.46 bits per heavy atom. The van der Waals surface area contributed by atoms with Crippen LogP contribution in [0.4, 0.5) is 10.6 Å². The van der Waals surface area contributed by atoms with E-state index >= 15 is 0 Å². The number of pyridine rings is 1. The normalized spacial score (nSPS) is 16.0. The summed E-state index contributed by atoms with van der Waals surface area (Å²) in [7, 11) is -4.10. The van der Waals surface area contributed by atoms with Crippen LogP contribution in [0.5, 0.6) is 0 Å². The first kappa shape index (κ1) is 30.2. The quantitative estimate of drug-likeness (QED) is 0.464. The third-order valence-electron chi connectivity index (χ3n) is 5.75. The second-order valence-corrected chi connectivity index (χ2v) is 12.0. The van der Waals surface area contributed by atoms with Gasteiger partial charge in [-0.05, 0) is 52.3 Å². The van der Waals surface area contributed by atoms with E-state index in [-0.39, 0.29) is 54.6 Å². The number of amides is 2. The first-order valence-electron chi connectivity index (χ1n) is 12.5. The molecule has 0 radical (unpaired) electrons. The van der Waals surface area contributed by atoms with Crippen molar-refractivity contribution in [2.24, 2.45) is 0 Å². The van der Waals surface area contributed by atoms with Crippen molar-refractivity contribution in [1.29, 1.82) is 0 Å². The van der Waals surface area contributed by atoms with Crippen LogP contribution in [-0.4, -0.2) is 74.2 Å². The van der Waals surface area contributed by atoms with Crippen molar-refractivity contribution >= 4 is 45.4 Å². The van der Waals surface area contributed by atoms with E-state index in [1.165, 1.54) is 29.3 Å². The lowest BCUT2D eigenvalue weighted by Gasteiger charge is -2.42. The number of anilines is 1. The molecule has 11 nitrogen and oxygen atoms in total. The molecular formula is C26H33ClN4O7S. The number of esters is 2. The fraction of sp³-hybridized carbons (Fsp3) is 0.462. The molecule has 1 aliphatic heterocycles. The Bertz CT molecular complexity index is 1300. The van der Waals surface area contributed by atoms with Crippen LogP contribution < -0.4 is 9.62 Å². The molecule has 212 valence electrons. The molecule has 1 unspecified atom stereocenters. The van der Waals surface area contributed by atoms with E-state index in [1.807, 2.05) is 4.90 Å². The number of hydrogen-bond acceptors (Lipinski definition) is 9. The van der Waals surface area contributed by atoms with Crippen LogP contribution in [0.15, 0.2) is 47.5 Å². The van der Waals surface area contributed by atoms with Gasteiger partial charge >= 0.3 is 18.0 Å². The van der Waals surface area contributed by atoms with E-state index in [4.69, 9.17) is 21.1 Å². The molecule has 1 aromatic heterocycles. The number of carbonyl (C=O) groups excluding carboxylic acids is 3. The SMILES string of the molecule is CCOC(=O)c1cnc(N2CCN(C(=O)NS(=O)(=O)c3ccccc3)C(CCC(=O)OC(C)(C)C)C2)c(Cl)c1. The lowest BCUT2D eigenvalue weighted by molar-refractivity contribution is -0.155. The maximum Gasteiger partial charge on any atom is 0.339 e. The highest BCUT2D eigenvalue weighted by Crippen LogP contribution is 2.28. The molecule has 0 saturated carbocycles. The molecule has 0 aliphatic carbocycles. The Labute approximate surface area is 233 Å². The summed E-state index contributed by atoms with van der Waals surface area (Å²) in [5.41, 5.74) is -0.467. The minimum Gasteiger partial charge on any atom is -0.462 e. The number of nitrogens with zero attached hydrogens (tertiary/aromatic N) is 3. The Morgan fingerprint density at radius 1 is 1.15 bits per heavy atom. The number of hydrogen-bond donors (Lipinski definition) is 1. The Morgan fingerprint density at radius 2 is 1.85 bits per heavy atom. The zero-order chi connectivity index (χ0) is 28.8. The van der Waals surface area contributed by atoms with E-state index in [2.05, 4.69) is 9.71 Å². The molecular weight excluding hydrogens is 548 g/mol. The van der Waals surface area contributed by atoms with Crippen LogP contribution in [0.25, 0.3) is 0 Å². The second kappa shape index (κ2) is 12.6. The molecule has 1 fully saturated rings. The minimum absolute atomic E-state index is 0.00789. The smallest absolute Gasteiger partial charge is 0.339 e. The van der Waals surface area contributed by atoms with E-state index in [9.17, 15) is 22.8 Å². The molecule has 1 N–H and O–H groups in total. The van der Waals surface area contributed by atoms with Crippen molar-refractivity contribution in [2.45, 2.75) is 57.1 Å². The molecule has 1 aromatic carbocycles. The fourth-order valence-corrected chi connectivity index (χ4v) is 5.33. The number of carbonyl (C=O) groups is 3. The highest BCUT2D eigenvalue weighted by Gasteiger charge is 2.34. The Balaban J connectivity index is 1.80. The minimum atomic E-state index is -4.10. The summed E-state index contributed by atoms with van der Waals surface area (Å²) in [6.07, 6.45) is 1.58. The molecule has 0 bridgehead atoms. The van der Waals surface area contributed by atoms with E-state index in [1.54, 1.807) is 45.9 Å². The molecule has 1 saturated heterocycles. The van der Waals surface area contributed by atoms with Crippen LogP contribution in [0, 0.1) is 0 Å². The van der Waals surface area contributed by atoms with Crippen LogP contribution in [-0.2, 0) is 24.3 Å². The fourth-order valence-electron chi connectivity index (χ4n) is 4.06. The largest absolute Gasteiger partial charge is 0.462 e. The van der Waals surface area contributed by atoms with Gasteiger partial charge in [0.05, 0.1) is 28.1 Å². The van der Waals surface area contributed by atoms with Crippen LogP contribution >= 0.6 is 11.6 Å². The van der Waals surface area contributed by atoms with Crippen molar-refractivity contribution in [2.75, 3.05) is 31.1 Å². The first-order chi connectivity index (χ1) is 18.3. The summed E-state index contributed by atoms with van der Waals surface area (Å²) in [5.74, 6) is -0.592. The molecule has 13 heteroatoms. The van der Waals surface area contributed by atoms with Gasteiger partial charge in [0.1, 0.15) is 11.4 Å². The molecule has 1 aliphatic rings. The summed E-state index contributed by atoms with van der Waals surface area (Å²) in [6.45, 7) is 7.81. The van der Waals surface area contributed by atoms with E-state index in [0.717, 1.165) is 0 Å². The van der Waals surface area contributed by atoms with Gasteiger partial charge in [0.25, 0.3) is 10.0 Å². The number of benzene rings is 1. The lowest BCUT2D eigenvalue weighted by Crippen LogP contribution is -2.58. The molecule has 39 heavy (non-hydrogen) atoms. The zero-order valence-corrected chi connectivity index (χ0v) is 23.9. The number of halogens is 1. The molecule has 0 spiro atoms. The summed E-state index contributed by atoms with van der Waals surface area (Å²) in [5, 5.41) is 0.219. The predicted molar refractivity (Wildman–Crippen MR) is 145 cm³/mol. The number of rotatable bonds is 8. The van der Waals surface area contributed by atoms with Gasteiger partial charge in [-0.15, -0.1) is 0 Å². The summed E-state index contributed by atoms with van der Waals surface area (Å²) < 4.78 is 38.1. The van der Waals surface area contributed by atoms with Crippen LogP contribution in [0.2, 0.25) is 5.02 Å². The van der Waals surface area contributed by atoms with Gasteiger partial charge in [-0.25, -0.2) is 27.7 Å². The maximum atomic E-state index is 13.2. The number of ether oxygens (including phenoxy) is 2. The standard InChI is InChI=1S/C26H33ClN4O7S/c1-5-37-24(33)18-15-21(27)23(28-16-18)30-13-14-31(19(17-30)11-12-22(32)38-26(2,3)4)25(34)29-39(35,36)20-9-7-6-8-10-20/h6-10,15-16,19H,5,11-14,17H2,1-4H3,(H,29,34). The van der Waals surface area contributed by atoms with Crippen molar-refractivity contribution in [3.63, 3.8) is 0 Å². The number of sulfonamides is 1. The number of piperazine rings is 1. The second-order valence-electron chi connectivity index (χ2n) is 9.89. The Kier molecular flexibility index (Phi) is 9.78. The molecule has 2 aromatic rings. The summed E-state index contributed by atoms with van der Waals surface area (Å²) in [4.78, 5) is 45.1. The number of urea groups is 1. The van der Waals surface area contributed by atoms with E-state index in [0.29, 0.717) is 5.82 Å². The predicted octanol–water partition coefficient (Wildman–Crippen LogP) is 3.62. The summed E-state index contributed by atoms with van der Waals surface area (Å²) >= 11 is 6.45. The molecule has 3 rings (SSSR count). The lowest BCUT2D eigenvalue weighted by atomic mass is 10.1. The first-order valence-corrected chi connectivity index (χ1v) is 14.3. The maximum absolute atomic E-state index is 13.2. The monoisotopic (exact) mass is 580 g/mol. The van der Waals surface area contributed by atoms with Crippen LogP contribution in [0.1, 0.15) is 50.9 Å². The molecule has 2 heterocycles. The van der Waals surface area contributed by atoms with Gasteiger partial charge in [-0.3, -0.25) is 4.79 Å². The highest BCUT2D eigenvalue weighted by atomic mass is 35.5. The van der Waals surface area contributed by atoms with Gasteiger partial charge in [0, 0.05) is 32.3 Å². The van der Waals surface area contributed by atoms with Crippen LogP contribution in [0.3, 0.4) is 0 Å². The highest BCUT2D eigenvalue weighted by molar-refractivity contribution is 7.90. The zero-order valence-electron chi connectivity index (χ0n) is 22.3. The number of aromatic nitrogens is 1. The molecule has 1 atom stereocenters. The number of nitrogens with one attached hydrogen (secondary N) is 1. The third kappa shape index (κ3) is 8.30. The van der Waals surface area contributed by atoms with Gasteiger partial charge in [-0.1, -0.05) is 29.8 Å². The topological polar surface area (TPSA) is 135 Å². The molecule has 2 amide bonds. The van der Waals surface area contributed by atoms with Gasteiger partial charge in [-0.2, -0.15) is 0 Å². The van der Waals surface area contributed by atoms with Gasteiger partial charge in [0.2, 0.25) is 0 Å².